The third kappa shape index (κ3) is 3.92. The average molecular weight is 338 g/mol. The molecule has 24 heavy (non-hydrogen) atoms. The zero-order chi connectivity index (χ0) is 16.9. The molecular formula is C18H18N4OS. The van der Waals surface area contributed by atoms with Crippen molar-refractivity contribution in [3.05, 3.63) is 47.4 Å². The number of hydrogen-bond acceptors (Lipinski definition) is 5. The Balaban J connectivity index is 1.69. The van der Waals surface area contributed by atoms with Gasteiger partial charge in [-0.3, -0.25) is 9.78 Å². The SMILES string of the molecule is CC1CCc2nc(SCC(=O)Nc3cccnc3)c(C#N)cc2C1. The summed E-state index contributed by atoms with van der Waals surface area (Å²) in [6.07, 6.45) is 6.29. The fourth-order valence-corrected chi connectivity index (χ4v) is 3.56. The smallest absolute Gasteiger partial charge is 0.234 e. The summed E-state index contributed by atoms with van der Waals surface area (Å²) in [5.74, 6) is 0.714. The van der Waals surface area contributed by atoms with Crippen LogP contribution in [0.15, 0.2) is 35.6 Å². The summed E-state index contributed by atoms with van der Waals surface area (Å²) in [6, 6.07) is 7.71. The summed E-state index contributed by atoms with van der Waals surface area (Å²) in [6.45, 7) is 2.22. The van der Waals surface area contributed by atoms with Gasteiger partial charge < -0.3 is 5.32 Å². The van der Waals surface area contributed by atoms with Gasteiger partial charge in [0.15, 0.2) is 0 Å². The van der Waals surface area contributed by atoms with Gasteiger partial charge in [0, 0.05) is 11.9 Å². The molecule has 0 aromatic carbocycles. The van der Waals surface area contributed by atoms with Crippen LogP contribution in [0.4, 0.5) is 5.69 Å². The molecule has 0 bridgehead atoms. The Morgan fingerprint density at radius 3 is 3.17 bits per heavy atom. The van der Waals surface area contributed by atoms with Gasteiger partial charge in [0.2, 0.25) is 5.91 Å². The van der Waals surface area contributed by atoms with Crippen LogP contribution in [0.5, 0.6) is 0 Å². The highest BCUT2D eigenvalue weighted by Crippen LogP contribution is 2.29. The zero-order valence-electron chi connectivity index (χ0n) is 13.5. The first-order chi connectivity index (χ1) is 11.7. The summed E-state index contributed by atoms with van der Waals surface area (Å²) in [5.41, 5.74) is 3.47. The van der Waals surface area contributed by atoms with E-state index in [-0.39, 0.29) is 11.7 Å². The molecule has 0 aliphatic heterocycles. The van der Waals surface area contributed by atoms with Gasteiger partial charge in [-0.25, -0.2) is 4.98 Å². The molecule has 0 fully saturated rings. The van der Waals surface area contributed by atoms with Crippen molar-refractivity contribution in [1.82, 2.24) is 9.97 Å². The minimum Gasteiger partial charge on any atom is -0.324 e. The largest absolute Gasteiger partial charge is 0.324 e. The highest BCUT2D eigenvalue weighted by molar-refractivity contribution is 8.00. The topological polar surface area (TPSA) is 78.7 Å². The third-order valence-corrected chi connectivity index (χ3v) is 5.00. The second-order valence-electron chi connectivity index (χ2n) is 5.99. The number of fused-ring (bicyclic) bond motifs is 1. The Labute approximate surface area is 145 Å². The van der Waals surface area contributed by atoms with E-state index in [4.69, 9.17) is 0 Å². The second kappa shape index (κ2) is 7.45. The summed E-state index contributed by atoms with van der Waals surface area (Å²) >= 11 is 1.31. The molecular weight excluding hydrogens is 320 g/mol. The van der Waals surface area contributed by atoms with E-state index in [0.717, 1.165) is 25.0 Å². The van der Waals surface area contributed by atoms with Crippen molar-refractivity contribution in [3.8, 4) is 6.07 Å². The number of rotatable bonds is 4. The fourth-order valence-electron chi connectivity index (χ4n) is 2.79. The lowest BCUT2D eigenvalue weighted by Crippen LogP contribution is -2.16. The summed E-state index contributed by atoms with van der Waals surface area (Å²) < 4.78 is 0. The number of hydrogen-bond donors (Lipinski definition) is 1. The number of nitrogens with zero attached hydrogens (tertiary/aromatic N) is 3. The van der Waals surface area contributed by atoms with Gasteiger partial charge in [-0.2, -0.15) is 5.26 Å². The predicted octanol–water partition coefficient (Wildman–Crippen LogP) is 3.20. The first-order valence-electron chi connectivity index (χ1n) is 7.91. The Bertz CT molecular complexity index is 786. The van der Waals surface area contributed by atoms with Crippen LogP contribution in [0, 0.1) is 17.2 Å². The fraction of sp³-hybridized carbons (Fsp3) is 0.333. The first-order valence-corrected chi connectivity index (χ1v) is 8.90. The second-order valence-corrected chi connectivity index (χ2v) is 6.95. The lowest BCUT2D eigenvalue weighted by atomic mass is 9.87. The van der Waals surface area contributed by atoms with Crippen LogP contribution < -0.4 is 5.32 Å². The Morgan fingerprint density at radius 1 is 1.54 bits per heavy atom. The van der Waals surface area contributed by atoms with E-state index in [0.29, 0.717) is 22.2 Å². The molecule has 1 unspecified atom stereocenters. The first kappa shape index (κ1) is 16.5. The number of aryl methyl sites for hydroxylation is 1. The maximum Gasteiger partial charge on any atom is 0.234 e. The average Bonchev–Trinajstić information content (AvgIpc) is 2.60. The number of nitrogens with one attached hydrogen (secondary N) is 1. The zero-order valence-corrected chi connectivity index (χ0v) is 14.3. The molecule has 0 saturated heterocycles. The van der Waals surface area contributed by atoms with Gasteiger partial charge in [-0.05, 0) is 48.9 Å². The van der Waals surface area contributed by atoms with Gasteiger partial charge in [-0.1, -0.05) is 18.7 Å². The highest BCUT2D eigenvalue weighted by Gasteiger charge is 2.19. The normalized spacial score (nSPS) is 16.1. The predicted molar refractivity (Wildman–Crippen MR) is 93.7 cm³/mol. The van der Waals surface area contributed by atoms with Crippen molar-refractivity contribution in [2.75, 3.05) is 11.1 Å². The van der Waals surface area contributed by atoms with E-state index in [9.17, 15) is 10.1 Å². The molecule has 1 amide bonds. The molecule has 1 aliphatic carbocycles. The molecule has 3 rings (SSSR count). The van der Waals surface area contributed by atoms with Gasteiger partial charge in [0.25, 0.3) is 0 Å². The van der Waals surface area contributed by atoms with Crippen molar-refractivity contribution in [2.45, 2.75) is 31.2 Å². The third-order valence-electron chi connectivity index (χ3n) is 4.00. The number of aromatic nitrogens is 2. The van der Waals surface area contributed by atoms with E-state index in [1.54, 1.807) is 24.5 Å². The molecule has 1 N–H and O–H groups in total. The number of nitriles is 1. The summed E-state index contributed by atoms with van der Waals surface area (Å²) in [5, 5.41) is 12.8. The number of carbonyl (C=O) groups excluding carboxylic acids is 1. The van der Waals surface area contributed by atoms with Crippen LogP contribution in [-0.4, -0.2) is 21.6 Å². The Hall–Kier alpha value is -2.39. The van der Waals surface area contributed by atoms with Crippen LogP contribution in [0.1, 0.15) is 30.2 Å². The van der Waals surface area contributed by atoms with E-state index >= 15 is 0 Å². The number of pyridine rings is 2. The van der Waals surface area contributed by atoms with E-state index in [1.807, 2.05) is 6.07 Å². The van der Waals surface area contributed by atoms with Crippen LogP contribution in [0.3, 0.4) is 0 Å². The molecule has 5 nitrogen and oxygen atoms in total. The Kier molecular flexibility index (Phi) is 5.11. The van der Waals surface area contributed by atoms with E-state index in [2.05, 4.69) is 28.3 Å². The summed E-state index contributed by atoms with van der Waals surface area (Å²) in [4.78, 5) is 20.7. The van der Waals surface area contributed by atoms with Gasteiger partial charge >= 0.3 is 0 Å². The lowest BCUT2D eigenvalue weighted by Gasteiger charge is -2.21. The molecule has 1 aliphatic rings. The van der Waals surface area contributed by atoms with E-state index < -0.39 is 0 Å². The molecule has 0 spiro atoms. The number of carbonyl (C=O) groups is 1. The summed E-state index contributed by atoms with van der Waals surface area (Å²) in [7, 11) is 0. The molecule has 2 aromatic heterocycles. The molecule has 1 atom stereocenters. The standard InChI is InChI=1S/C18H18N4OS/c1-12-4-5-16-13(7-12)8-14(9-19)18(22-16)24-11-17(23)21-15-3-2-6-20-10-15/h2-3,6,8,10,12H,4-5,7,11H2,1H3,(H,21,23). The minimum atomic E-state index is -0.134. The lowest BCUT2D eigenvalue weighted by molar-refractivity contribution is -0.113. The molecule has 2 heterocycles. The van der Waals surface area contributed by atoms with Crippen molar-refractivity contribution < 1.29 is 4.79 Å². The molecule has 2 aromatic rings. The molecule has 122 valence electrons. The van der Waals surface area contributed by atoms with Crippen molar-refractivity contribution in [1.29, 1.82) is 5.26 Å². The van der Waals surface area contributed by atoms with Crippen LogP contribution >= 0.6 is 11.8 Å². The number of thioether (sulfide) groups is 1. The van der Waals surface area contributed by atoms with Crippen molar-refractivity contribution in [3.63, 3.8) is 0 Å². The van der Waals surface area contributed by atoms with Gasteiger partial charge in [0.1, 0.15) is 11.1 Å². The maximum atomic E-state index is 12.0. The monoisotopic (exact) mass is 338 g/mol. The molecule has 6 heteroatoms. The Morgan fingerprint density at radius 2 is 2.42 bits per heavy atom. The minimum absolute atomic E-state index is 0.134. The molecule has 0 radical (unpaired) electrons. The van der Waals surface area contributed by atoms with E-state index in [1.165, 1.54) is 17.3 Å². The number of anilines is 1. The van der Waals surface area contributed by atoms with Crippen molar-refractivity contribution >= 4 is 23.4 Å². The maximum absolute atomic E-state index is 12.0. The quantitative estimate of drug-likeness (QED) is 0.866. The van der Waals surface area contributed by atoms with Gasteiger partial charge in [-0.15, -0.1) is 0 Å². The van der Waals surface area contributed by atoms with Crippen LogP contribution in [0.25, 0.3) is 0 Å². The van der Waals surface area contributed by atoms with Crippen LogP contribution in [0.2, 0.25) is 0 Å². The molecule has 0 saturated carbocycles. The highest BCUT2D eigenvalue weighted by atomic mass is 32.2. The van der Waals surface area contributed by atoms with Gasteiger partial charge in [0.05, 0.1) is 23.2 Å². The number of amides is 1. The van der Waals surface area contributed by atoms with Crippen LogP contribution in [-0.2, 0) is 17.6 Å². The van der Waals surface area contributed by atoms with Crippen molar-refractivity contribution in [2.24, 2.45) is 5.92 Å².